The first kappa shape index (κ1) is 24.0. The average molecular weight is 436 g/mol. The molecule has 1 saturated carbocycles. The van der Waals surface area contributed by atoms with Gasteiger partial charge in [-0.2, -0.15) is 5.26 Å². The summed E-state index contributed by atoms with van der Waals surface area (Å²) in [6, 6.07) is 7.18. The quantitative estimate of drug-likeness (QED) is 0.652. The molecule has 2 rings (SSSR count). The molecule has 0 heterocycles. The highest BCUT2D eigenvalue weighted by atomic mass is 35.5. The van der Waals surface area contributed by atoms with Gasteiger partial charge in [0.2, 0.25) is 5.91 Å². The highest BCUT2D eigenvalue weighted by Gasteiger charge is 2.36. The van der Waals surface area contributed by atoms with Crippen LogP contribution in [0, 0.1) is 17.2 Å². The predicted molar refractivity (Wildman–Crippen MR) is 114 cm³/mol. The van der Waals surface area contributed by atoms with Crippen LogP contribution in [0.15, 0.2) is 24.3 Å². The Morgan fingerprint density at radius 3 is 2.43 bits per heavy atom. The van der Waals surface area contributed by atoms with Gasteiger partial charge in [0.05, 0.1) is 29.1 Å². The highest BCUT2D eigenvalue weighted by Crippen LogP contribution is 2.26. The Balaban J connectivity index is 2.11. The minimum Gasteiger partial charge on any atom is -0.491 e. The fourth-order valence-corrected chi connectivity index (χ4v) is 3.55. The molecule has 30 heavy (non-hydrogen) atoms. The van der Waals surface area contributed by atoms with Gasteiger partial charge in [-0.1, -0.05) is 20.3 Å². The van der Waals surface area contributed by atoms with Crippen LogP contribution in [0.2, 0.25) is 0 Å². The lowest BCUT2D eigenvalue weighted by molar-refractivity contribution is -0.134. The summed E-state index contributed by atoms with van der Waals surface area (Å²) in [6.45, 7) is 5.40. The summed E-state index contributed by atoms with van der Waals surface area (Å²) < 4.78 is 11.3. The van der Waals surface area contributed by atoms with Crippen LogP contribution in [-0.2, 0) is 9.53 Å². The number of nitriles is 1. The Bertz CT molecular complexity index is 763. The van der Waals surface area contributed by atoms with Crippen LogP contribution in [0.25, 0.3) is 0 Å². The van der Waals surface area contributed by atoms with Crippen molar-refractivity contribution in [1.82, 2.24) is 4.90 Å². The zero-order chi connectivity index (χ0) is 22.3. The van der Waals surface area contributed by atoms with Crippen LogP contribution in [-0.4, -0.2) is 47.1 Å². The molecule has 2 N–H and O–H groups in total. The Morgan fingerprint density at radius 1 is 1.23 bits per heavy atom. The molecule has 7 nitrogen and oxygen atoms in total. The number of ether oxygens (including phenoxy) is 2. The SMILES string of the molecule is CC(C)[C@H](N)C(=O)N(C(=O)OC1CCCCC1Cl)C(C)COc1ccc(C#N)cc1. The molecule has 2 amide bonds. The van der Waals surface area contributed by atoms with Crippen LogP contribution in [0.4, 0.5) is 4.79 Å². The van der Waals surface area contributed by atoms with E-state index in [-0.39, 0.29) is 17.9 Å². The molecule has 3 unspecified atom stereocenters. The number of carbonyl (C=O) groups excluding carboxylic acids is 2. The first-order valence-electron chi connectivity index (χ1n) is 10.3. The van der Waals surface area contributed by atoms with Gasteiger partial charge in [-0.15, -0.1) is 11.6 Å². The number of amides is 2. The van der Waals surface area contributed by atoms with E-state index in [1.807, 2.05) is 19.9 Å². The second-order valence-electron chi connectivity index (χ2n) is 8.00. The Hall–Kier alpha value is -2.30. The summed E-state index contributed by atoms with van der Waals surface area (Å²) in [4.78, 5) is 26.9. The van der Waals surface area contributed by atoms with E-state index in [2.05, 4.69) is 0 Å². The van der Waals surface area contributed by atoms with E-state index < -0.39 is 30.2 Å². The van der Waals surface area contributed by atoms with Crippen molar-refractivity contribution >= 4 is 23.6 Å². The van der Waals surface area contributed by atoms with Crippen LogP contribution in [0.5, 0.6) is 5.75 Å². The number of alkyl halides is 1. The molecule has 0 aromatic heterocycles. The van der Waals surface area contributed by atoms with Crippen LogP contribution in [0.1, 0.15) is 52.0 Å². The summed E-state index contributed by atoms with van der Waals surface area (Å²) in [5.74, 6) is -0.120. The van der Waals surface area contributed by atoms with Gasteiger partial charge in [0.15, 0.2) is 0 Å². The molecule has 1 aliphatic rings. The summed E-state index contributed by atoms with van der Waals surface area (Å²) >= 11 is 6.32. The second kappa shape index (κ2) is 11.2. The molecule has 0 saturated heterocycles. The van der Waals surface area contributed by atoms with Crippen molar-refractivity contribution in [2.45, 2.75) is 70.0 Å². The van der Waals surface area contributed by atoms with E-state index in [0.29, 0.717) is 17.7 Å². The third-order valence-corrected chi connectivity index (χ3v) is 5.73. The molecule has 1 aromatic carbocycles. The number of hydrogen-bond acceptors (Lipinski definition) is 6. The standard InChI is InChI=1S/C22H30ClN3O4/c1-14(2)20(25)21(27)26(22(28)30-19-7-5-4-6-18(19)23)15(3)13-29-17-10-8-16(12-24)9-11-17/h8-11,14-15,18-20H,4-7,13,25H2,1-3H3/t15?,18?,19?,20-/m0/s1. The molecule has 0 spiro atoms. The van der Waals surface area contributed by atoms with Crippen LogP contribution >= 0.6 is 11.6 Å². The average Bonchev–Trinajstić information content (AvgIpc) is 2.73. The monoisotopic (exact) mass is 435 g/mol. The number of rotatable bonds is 7. The van der Waals surface area contributed by atoms with Crippen LogP contribution in [0.3, 0.4) is 0 Å². The largest absolute Gasteiger partial charge is 0.491 e. The van der Waals surface area contributed by atoms with Crippen molar-refractivity contribution in [1.29, 1.82) is 5.26 Å². The number of carbonyl (C=O) groups is 2. The topological polar surface area (TPSA) is 106 Å². The minimum absolute atomic E-state index is 0.0620. The zero-order valence-corrected chi connectivity index (χ0v) is 18.5. The summed E-state index contributed by atoms with van der Waals surface area (Å²) in [5.41, 5.74) is 6.56. The van der Waals surface area contributed by atoms with Crippen molar-refractivity contribution in [3.05, 3.63) is 29.8 Å². The van der Waals surface area contributed by atoms with E-state index in [9.17, 15) is 9.59 Å². The van der Waals surface area contributed by atoms with Crippen molar-refractivity contribution < 1.29 is 19.1 Å². The maximum absolute atomic E-state index is 13.0. The third kappa shape index (κ3) is 6.35. The van der Waals surface area contributed by atoms with Gasteiger partial charge in [0, 0.05) is 0 Å². The number of nitrogens with two attached hydrogens (primary N) is 1. The number of benzene rings is 1. The molecule has 1 aromatic rings. The van der Waals surface area contributed by atoms with Gasteiger partial charge in [-0.3, -0.25) is 4.79 Å². The molecule has 0 aliphatic heterocycles. The van der Waals surface area contributed by atoms with E-state index in [4.69, 9.17) is 32.1 Å². The molecule has 4 atom stereocenters. The van der Waals surface area contributed by atoms with Crippen molar-refractivity contribution in [2.24, 2.45) is 11.7 Å². The number of imide groups is 1. The Kier molecular flexibility index (Phi) is 8.94. The fraction of sp³-hybridized carbons (Fsp3) is 0.591. The zero-order valence-electron chi connectivity index (χ0n) is 17.7. The molecule has 8 heteroatoms. The lowest BCUT2D eigenvalue weighted by Gasteiger charge is -2.33. The van der Waals surface area contributed by atoms with Crippen molar-refractivity contribution in [3.63, 3.8) is 0 Å². The van der Waals surface area contributed by atoms with E-state index >= 15 is 0 Å². The smallest absolute Gasteiger partial charge is 0.417 e. The van der Waals surface area contributed by atoms with Gasteiger partial charge in [-0.25, -0.2) is 9.69 Å². The second-order valence-corrected chi connectivity index (χ2v) is 8.56. The summed E-state index contributed by atoms with van der Waals surface area (Å²) in [5, 5.41) is 8.62. The molecule has 0 bridgehead atoms. The van der Waals surface area contributed by atoms with Gasteiger partial charge in [0.25, 0.3) is 0 Å². The lowest BCUT2D eigenvalue weighted by atomic mass is 9.97. The first-order valence-corrected chi connectivity index (χ1v) is 10.7. The van der Waals surface area contributed by atoms with Gasteiger partial charge >= 0.3 is 6.09 Å². The molecular weight excluding hydrogens is 406 g/mol. The molecule has 164 valence electrons. The summed E-state index contributed by atoms with van der Waals surface area (Å²) in [6.07, 6.45) is 2.20. The predicted octanol–water partition coefficient (Wildman–Crippen LogP) is 3.82. The summed E-state index contributed by atoms with van der Waals surface area (Å²) in [7, 11) is 0. The van der Waals surface area contributed by atoms with Gasteiger partial charge < -0.3 is 15.2 Å². The van der Waals surface area contributed by atoms with E-state index in [1.165, 1.54) is 0 Å². The maximum atomic E-state index is 13.0. The normalized spacial score (nSPS) is 20.7. The van der Waals surface area contributed by atoms with E-state index in [1.54, 1.807) is 31.2 Å². The van der Waals surface area contributed by atoms with Crippen molar-refractivity contribution in [2.75, 3.05) is 6.61 Å². The maximum Gasteiger partial charge on any atom is 0.417 e. The Labute approximate surface area is 183 Å². The minimum atomic E-state index is -0.840. The lowest BCUT2D eigenvalue weighted by Crippen LogP contribution is -2.55. The third-order valence-electron chi connectivity index (χ3n) is 5.23. The van der Waals surface area contributed by atoms with Gasteiger partial charge in [0.1, 0.15) is 18.5 Å². The molecular formula is C22H30ClN3O4. The van der Waals surface area contributed by atoms with E-state index in [0.717, 1.165) is 24.2 Å². The van der Waals surface area contributed by atoms with Crippen molar-refractivity contribution in [3.8, 4) is 11.8 Å². The number of hydrogen-bond donors (Lipinski definition) is 1. The number of nitrogens with zero attached hydrogens (tertiary/aromatic N) is 2. The molecule has 0 radical (unpaired) electrons. The Morgan fingerprint density at radius 2 is 1.87 bits per heavy atom. The number of halogens is 1. The van der Waals surface area contributed by atoms with Gasteiger partial charge in [-0.05, 0) is 56.4 Å². The fourth-order valence-electron chi connectivity index (χ4n) is 3.22. The molecule has 1 fully saturated rings. The first-order chi connectivity index (χ1) is 14.2. The highest BCUT2D eigenvalue weighted by molar-refractivity contribution is 6.21. The van der Waals surface area contributed by atoms with Crippen LogP contribution < -0.4 is 10.5 Å². The molecule has 1 aliphatic carbocycles.